The van der Waals surface area contributed by atoms with Crippen LogP contribution in [0, 0.1) is 0 Å². The van der Waals surface area contributed by atoms with E-state index in [-0.39, 0.29) is 11.2 Å². The molecule has 29 heavy (non-hydrogen) atoms. The molecule has 0 bridgehead atoms. The zero-order valence-corrected chi connectivity index (χ0v) is 17.4. The van der Waals surface area contributed by atoms with Gasteiger partial charge in [-0.3, -0.25) is 4.79 Å². The Bertz CT molecular complexity index is 1030. The van der Waals surface area contributed by atoms with Crippen LogP contribution in [0.25, 0.3) is 11.3 Å². The van der Waals surface area contributed by atoms with E-state index in [9.17, 15) is 4.79 Å². The Morgan fingerprint density at radius 3 is 2.66 bits per heavy atom. The molecular formula is C24H25N3OS. The van der Waals surface area contributed by atoms with Crippen molar-refractivity contribution in [3.05, 3.63) is 66.4 Å². The molecule has 0 saturated heterocycles. The van der Waals surface area contributed by atoms with Gasteiger partial charge in [-0.25, -0.2) is 4.98 Å². The highest BCUT2D eigenvalue weighted by molar-refractivity contribution is 8.00. The van der Waals surface area contributed by atoms with Crippen LogP contribution in [-0.4, -0.2) is 27.3 Å². The van der Waals surface area contributed by atoms with E-state index >= 15 is 0 Å². The molecule has 1 atom stereocenters. The van der Waals surface area contributed by atoms with E-state index in [0.717, 1.165) is 35.9 Å². The number of imidazole rings is 1. The van der Waals surface area contributed by atoms with Gasteiger partial charge in [0.1, 0.15) is 0 Å². The lowest BCUT2D eigenvalue weighted by Crippen LogP contribution is -2.40. The number of carbonyl (C=O) groups is 1. The van der Waals surface area contributed by atoms with Gasteiger partial charge >= 0.3 is 0 Å². The number of aryl methyl sites for hydroxylation is 1. The van der Waals surface area contributed by atoms with Crippen LogP contribution in [-0.2, 0) is 11.2 Å². The highest BCUT2D eigenvalue weighted by atomic mass is 32.2. The number of hydrogen-bond donors (Lipinski definition) is 0. The minimum atomic E-state index is -0.176. The summed E-state index contributed by atoms with van der Waals surface area (Å²) in [7, 11) is 0. The molecule has 0 N–H and O–H groups in total. The summed E-state index contributed by atoms with van der Waals surface area (Å²) < 4.78 is 2.34. The fourth-order valence-electron chi connectivity index (χ4n) is 4.13. The molecule has 148 valence electrons. The number of aromatic nitrogens is 2. The van der Waals surface area contributed by atoms with Gasteiger partial charge in [-0.05, 0) is 49.8 Å². The second-order valence-corrected chi connectivity index (χ2v) is 9.18. The van der Waals surface area contributed by atoms with Crippen molar-refractivity contribution in [2.75, 3.05) is 11.4 Å². The fraction of sp³-hybridized carbons (Fsp3) is 0.333. The molecule has 0 radical (unpaired) electrons. The number of carbonyl (C=O) groups excluding carboxylic acids is 1. The number of amides is 1. The molecule has 1 aromatic heterocycles. The lowest BCUT2D eigenvalue weighted by Gasteiger charge is -2.31. The van der Waals surface area contributed by atoms with E-state index < -0.39 is 0 Å². The molecule has 4 nitrogen and oxygen atoms in total. The number of benzene rings is 2. The summed E-state index contributed by atoms with van der Waals surface area (Å²) in [5.41, 5.74) is 4.68. The maximum Gasteiger partial charge on any atom is 0.240 e. The molecule has 1 aliphatic heterocycles. The molecule has 1 unspecified atom stereocenters. The van der Waals surface area contributed by atoms with E-state index in [2.05, 4.69) is 47.0 Å². The summed E-state index contributed by atoms with van der Waals surface area (Å²) in [6, 6.07) is 19.2. The van der Waals surface area contributed by atoms with Crippen molar-refractivity contribution < 1.29 is 4.79 Å². The van der Waals surface area contributed by atoms with Gasteiger partial charge in [0, 0.05) is 18.3 Å². The third-order valence-corrected chi connectivity index (χ3v) is 6.82. The Morgan fingerprint density at radius 2 is 1.86 bits per heavy atom. The van der Waals surface area contributed by atoms with Crippen LogP contribution in [0.1, 0.15) is 37.8 Å². The van der Waals surface area contributed by atoms with Gasteiger partial charge in [-0.1, -0.05) is 60.3 Å². The average molecular weight is 404 g/mol. The second kappa shape index (κ2) is 7.71. The Hall–Kier alpha value is -2.53. The largest absolute Gasteiger partial charge is 0.316 e. The predicted molar refractivity (Wildman–Crippen MR) is 118 cm³/mol. The molecule has 3 aromatic rings. The minimum absolute atomic E-state index is 0.175. The number of hydrogen-bond acceptors (Lipinski definition) is 3. The maximum atomic E-state index is 13.3. The van der Waals surface area contributed by atoms with Crippen LogP contribution >= 0.6 is 11.8 Å². The Labute approximate surface area is 176 Å². The van der Waals surface area contributed by atoms with Crippen molar-refractivity contribution in [2.24, 2.45) is 0 Å². The standard InChI is InChI=1S/C24H25N3OS/c1-17(23(28)26-15-7-11-18-10-5-6-12-21(18)26)29-24-25-16-22(27(24)20-13-14-20)19-8-3-2-4-9-19/h2-6,8-10,12,16-17,20H,7,11,13-15H2,1H3. The van der Waals surface area contributed by atoms with E-state index in [0.29, 0.717) is 6.04 Å². The molecule has 2 aliphatic rings. The Morgan fingerprint density at radius 1 is 1.10 bits per heavy atom. The summed E-state index contributed by atoms with van der Waals surface area (Å²) in [5.74, 6) is 0.175. The SMILES string of the molecule is CC(Sc1ncc(-c2ccccc2)n1C1CC1)C(=O)N1CCCc2ccccc21. The smallest absolute Gasteiger partial charge is 0.240 e. The molecule has 5 heteroatoms. The van der Waals surface area contributed by atoms with Crippen LogP contribution in [0.15, 0.2) is 66.0 Å². The monoisotopic (exact) mass is 403 g/mol. The summed E-state index contributed by atoms with van der Waals surface area (Å²) in [6.07, 6.45) is 6.41. The number of para-hydroxylation sites is 1. The number of anilines is 1. The number of nitrogens with zero attached hydrogens (tertiary/aromatic N) is 3. The Balaban J connectivity index is 1.40. The molecule has 1 saturated carbocycles. The van der Waals surface area contributed by atoms with Gasteiger partial charge < -0.3 is 9.47 Å². The first-order chi connectivity index (χ1) is 14.2. The van der Waals surface area contributed by atoms with Crippen LogP contribution in [0.3, 0.4) is 0 Å². The van der Waals surface area contributed by atoms with Crippen molar-refractivity contribution in [1.29, 1.82) is 0 Å². The zero-order valence-electron chi connectivity index (χ0n) is 16.6. The van der Waals surface area contributed by atoms with Gasteiger partial charge in [-0.15, -0.1) is 0 Å². The quantitative estimate of drug-likeness (QED) is 0.539. The average Bonchev–Trinajstić information content (AvgIpc) is 3.53. The van der Waals surface area contributed by atoms with Crippen LogP contribution in [0.5, 0.6) is 0 Å². The Kier molecular flexibility index (Phi) is 4.92. The second-order valence-electron chi connectivity index (χ2n) is 7.88. The third-order valence-electron chi connectivity index (χ3n) is 5.75. The van der Waals surface area contributed by atoms with Crippen LogP contribution in [0.4, 0.5) is 5.69 Å². The van der Waals surface area contributed by atoms with Crippen molar-refractivity contribution >= 4 is 23.4 Å². The zero-order chi connectivity index (χ0) is 19.8. The summed E-state index contributed by atoms with van der Waals surface area (Å²) in [5, 5.41) is 0.780. The van der Waals surface area contributed by atoms with Gasteiger partial charge in [0.2, 0.25) is 5.91 Å². The number of rotatable bonds is 5. The number of thioether (sulfide) groups is 1. The van der Waals surface area contributed by atoms with E-state index in [1.54, 1.807) is 11.8 Å². The summed E-state index contributed by atoms with van der Waals surface area (Å²) in [4.78, 5) is 20.0. The fourth-order valence-corrected chi connectivity index (χ4v) is 5.15. The molecule has 2 heterocycles. The molecular weight excluding hydrogens is 378 g/mol. The highest BCUT2D eigenvalue weighted by Crippen LogP contribution is 2.43. The molecule has 5 rings (SSSR count). The van der Waals surface area contributed by atoms with Gasteiger partial charge in [0.15, 0.2) is 5.16 Å². The third kappa shape index (κ3) is 3.60. The highest BCUT2D eigenvalue weighted by Gasteiger charge is 2.32. The lowest BCUT2D eigenvalue weighted by molar-refractivity contribution is -0.117. The van der Waals surface area contributed by atoms with Crippen LogP contribution < -0.4 is 4.90 Å². The molecule has 0 spiro atoms. The molecule has 1 amide bonds. The molecule has 1 aliphatic carbocycles. The number of fused-ring (bicyclic) bond motifs is 1. The van der Waals surface area contributed by atoms with Gasteiger partial charge in [0.05, 0.1) is 17.1 Å². The first kappa shape index (κ1) is 18.5. The van der Waals surface area contributed by atoms with E-state index in [4.69, 9.17) is 4.98 Å². The summed E-state index contributed by atoms with van der Waals surface area (Å²) in [6.45, 7) is 2.81. The minimum Gasteiger partial charge on any atom is -0.316 e. The van der Waals surface area contributed by atoms with Crippen LogP contribution in [0.2, 0.25) is 0 Å². The lowest BCUT2D eigenvalue weighted by atomic mass is 10.0. The predicted octanol–water partition coefficient (Wildman–Crippen LogP) is 5.35. The first-order valence-corrected chi connectivity index (χ1v) is 11.3. The maximum absolute atomic E-state index is 13.3. The molecule has 1 fully saturated rings. The summed E-state index contributed by atoms with van der Waals surface area (Å²) >= 11 is 1.59. The van der Waals surface area contributed by atoms with Gasteiger partial charge in [-0.2, -0.15) is 0 Å². The van der Waals surface area contributed by atoms with E-state index in [1.165, 1.54) is 24.0 Å². The molecule has 2 aromatic carbocycles. The van der Waals surface area contributed by atoms with Crippen molar-refractivity contribution in [2.45, 2.75) is 49.1 Å². The first-order valence-electron chi connectivity index (χ1n) is 10.4. The topological polar surface area (TPSA) is 38.1 Å². The van der Waals surface area contributed by atoms with Crippen molar-refractivity contribution in [3.63, 3.8) is 0 Å². The van der Waals surface area contributed by atoms with E-state index in [1.807, 2.05) is 30.2 Å². The van der Waals surface area contributed by atoms with Gasteiger partial charge in [0.25, 0.3) is 0 Å². The normalized spacial score (nSPS) is 17.1. The van der Waals surface area contributed by atoms with Crippen molar-refractivity contribution in [3.8, 4) is 11.3 Å². The van der Waals surface area contributed by atoms with Crippen molar-refractivity contribution in [1.82, 2.24) is 9.55 Å².